The number of aromatic nitrogens is 1. The summed E-state index contributed by atoms with van der Waals surface area (Å²) in [6.07, 6.45) is 1.46. The number of anilines is 1. The van der Waals surface area contributed by atoms with Crippen LogP contribution in [-0.2, 0) is 16.1 Å². The maximum Gasteiger partial charge on any atom is 0.243 e. The highest BCUT2D eigenvalue weighted by atomic mass is 32.2. The lowest BCUT2D eigenvalue weighted by atomic mass is 10.0. The van der Waals surface area contributed by atoms with Crippen LogP contribution in [0.3, 0.4) is 0 Å². The smallest absolute Gasteiger partial charge is 0.243 e. The Kier molecular flexibility index (Phi) is 7.55. The zero-order valence-electron chi connectivity index (χ0n) is 19.2. The first-order valence-electron chi connectivity index (χ1n) is 11.1. The Hall–Kier alpha value is -3.59. The number of thioether (sulfide) groups is 1. The normalized spacial score (nSPS) is 16.8. The summed E-state index contributed by atoms with van der Waals surface area (Å²) in [5, 5.41) is 2.14. The molecule has 180 valence electrons. The average Bonchev–Trinajstić information content (AvgIpc) is 3.10. The first-order valence-corrected chi connectivity index (χ1v) is 12.0. The highest BCUT2D eigenvalue weighted by molar-refractivity contribution is 8.15. The monoisotopic (exact) mass is 494 g/mol. The van der Waals surface area contributed by atoms with Crippen LogP contribution in [0.1, 0.15) is 37.4 Å². The molecular formula is C26H24F2N4O2S. The van der Waals surface area contributed by atoms with Crippen molar-refractivity contribution in [1.29, 1.82) is 0 Å². The highest BCUT2D eigenvalue weighted by Crippen LogP contribution is 2.33. The van der Waals surface area contributed by atoms with Crippen molar-refractivity contribution in [2.24, 2.45) is 4.99 Å². The van der Waals surface area contributed by atoms with Crippen molar-refractivity contribution in [2.45, 2.75) is 38.0 Å². The third kappa shape index (κ3) is 6.10. The number of halogens is 2. The van der Waals surface area contributed by atoms with Gasteiger partial charge >= 0.3 is 0 Å². The van der Waals surface area contributed by atoms with Crippen molar-refractivity contribution in [3.8, 4) is 0 Å². The Labute approximate surface area is 206 Å². The zero-order valence-corrected chi connectivity index (χ0v) is 20.1. The maximum atomic E-state index is 13.9. The Balaban J connectivity index is 1.54. The van der Waals surface area contributed by atoms with Gasteiger partial charge in [0.2, 0.25) is 11.8 Å². The predicted molar refractivity (Wildman–Crippen MR) is 133 cm³/mol. The van der Waals surface area contributed by atoms with Gasteiger partial charge in [-0.3, -0.25) is 19.5 Å². The van der Waals surface area contributed by atoms with Gasteiger partial charge in [0.05, 0.1) is 23.6 Å². The van der Waals surface area contributed by atoms with Crippen molar-refractivity contribution in [3.05, 3.63) is 89.8 Å². The molecule has 0 saturated carbocycles. The van der Waals surface area contributed by atoms with Gasteiger partial charge in [-0.05, 0) is 47.9 Å². The molecule has 1 N–H and O–H groups in total. The van der Waals surface area contributed by atoms with Gasteiger partial charge in [0.15, 0.2) is 5.17 Å². The van der Waals surface area contributed by atoms with Crippen LogP contribution in [0.2, 0.25) is 0 Å². The van der Waals surface area contributed by atoms with Gasteiger partial charge in [0.25, 0.3) is 0 Å². The molecule has 0 spiro atoms. The minimum absolute atomic E-state index is 0.142. The second kappa shape index (κ2) is 10.8. The molecule has 9 heteroatoms. The van der Waals surface area contributed by atoms with Gasteiger partial charge in [0, 0.05) is 18.7 Å². The molecule has 0 radical (unpaired) electrons. The second-order valence-electron chi connectivity index (χ2n) is 8.37. The van der Waals surface area contributed by atoms with Crippen LogP contribution < -0.4 is 5.32 Å². The molecule has 35 heavy (non-hydrogen) atoms. The number of amides is 2. The SMILES string of the molecule is CC(C)c1ccc(N=C2SC(CC(=O)Nc3ccc(F)cc3F)C(=O)N2Cc2ccccn2)cc1. The molecule has 6 nitrogen and oxygen atoms in total. The molecule has 1 aliphatic heterocycles. The van der Waals surface area contributed by atoms with E-state index in [9.17, 15) is 18.4 Å². The van der Waals surface area contributed by atoms with Gasteiger partial charge in [-0.25, -0.2) is 13.8 Å². The van der Waals surface area contributed by atoms with Crippen molar-refractivity contribution in [2.75, 3.05) is 5.32 Å². The zero-order chi connectivity index (χ0) is 24.9. The van der Waals surface area contributed by atoms with Gasteiger partial charge in [-0.15, -0.1) is 0 Å². The van der Waals surface area contributed by atoms with Crippen LogP contribution in [0.5, 0.6) is 0 Å². The Morgan fingerprint density at radius 1 is 1.14 bits per heavy atom. The lowest BCUT2D eigenvalue weighted by Crippen LogP contribution is -2.33. The van der Waals surface area contributed by atoms with Crippen LogP contribution >= 0.6 is 11.8 Å². The van der Waals surface area contributed by atoms with Gasteiger partial charge < -0.3 is 5.32 Å². The Bertz CT molecular complexity index is 1250. The summed E-state index contributed by atoms with van der Waals surface area (Å²) < 4.78 is 27.1. The molecular weight excluding hydrogens is 470 g/mol. The number of benzene rings is 2. The number of pyridine rings is 1. The Morgan fingerprint density at radius 2 is 1.91 bits per heavy atom. The van der Waals surface area contributed by atoms with Crippen molar-refractivity contribution < 1.29 is 18.4 Å². The Morgan fingerprint density at radius 3 is 2.57 bits per heavy atom. The lowest BCUT2D eigenvalue weighted by Gasteiger charge is -2.16. The highest BCUT2D eigenvalue weighted by Gasteiger charge is 2.39. The van der Waals surface area contributed by atoms with Gasteiger partial charge in [0.1, 0.15) is 16.9 Å². The molecule has 1 atom stereocenters. The number of amidine groups is 1. The van der Waals surface area contributed by atoms with Crippen LogP contribution in [0.25, 0.3) is 0 Å². The standard InChI is InChI=1S/C26H24F2N4O2S/c1-16(2)17-6-9-19(10-7-17)30-26-32(15-20-5-3-4-12-29-20)25(34)23(35-26)14-24(33)31-22-11-8-18(27)13-21(22)28/h3-13,16,23H,14-15H2,1-2H3,(H,31,33). The van der Waals surface area contributed by atoms with E-state index in [0.29, 0.717) is 28.5 Å². The van der Waals surface area contributed by atoms with E-state index in [1.807, 2.05) is 36.4 Å². The molecule has 1 saturated heterocycles. The molecule has 0 bridgehead atoms. The van der Waals surface area contributed by atoms with Crippen molar-refractivity contribution >= 4 is 40.1 Å². The summed E-state index contributed by atoms with van der Waals surface area (Å²) in [6, 6.07) is 16.1. The average molecular weight is 495 g/mol. The van der Waals surface area contributed by atoms with Crippen LogP contribution in [0.4, 0.5) is 20.2 Å². The summed E-state index contributed by atoms with van der Waals surface area (Å²) in [5.41, 5.74) is 2.41. The number of hydrogen-bond acceptors (Lipinski definition) is 5. The summed E-state index contributed by atoms with van der Waals surface area (Å²) in [5.74, 6) is -2.08. The van der Waals surface area contributed by atoms with E-state index >= 15 is 0 Å². The second-order valence-corrected chi connectivity index (χ2v) is 9.54. The molecule has 3 aromatic rings. The van der Waals surface area contributed by atoms with Gasteiger partial charge in [-0.2, -0.15) is 0 Å². The summed E-state index contributed by atoms with van der Waals surface area (Å²) in [6.45, 7) is 4.42. The lowest BCUT2D eigenvalue weighted by molar-refractivity contribution is -0.128. The third-order valence-electron chi connectivity index (χ3n) is 5.43. The summed E-state index contributed by atoms with van der Waals surface area (Å²) >= 11 is 1.18. The van der Waals surface area contributed by atoms with E-state index in [1.54, 1.807) is 12.3 Å². The minimum atomic E-state index is -0.882. The van der Waals surface area contributed by atoms with E-state index in [-0.39, 0.29) is 24.6 Å². The molecule has 1 unspecified atom stereocenters. The molecule has 2 heterocycles. The molecule has 0 aliphatic carbocycles. The number of carbonyl (C=O) groups is 2. The van der Waals surface area contributed by atoms with E-state index in [1.165, 1.54) is 22.2 Å². The summed E-state index contributed by atoms with van der Waals surface area (Å²) in [4.78, 5) is 36.3. The molecule has 2 amide bonds. The number of hydrogen-bond donors (Lipinski definition) is 1. The predicted octanol–water partition coefficient (Wildman–Crippen LogP) is 5.64. The van der Waals surface area contributed by atoms with E-state index < -0.39 is 22.8 Å². The quantitative estimate of drug-likeness (QED) is 0.461. The molecule has 1 fully saturated rings. The number of nitrogens with one attached hydrogen (secondary N) is 1. The number of carbonyl (C=O) groups excluding carboxylic acids is 2. The number of nitrogens with zero attached hydrogens (tertiary/aromatic N) is 3. The van der Waals surface area contributed by atoms with Crippen LogP contribution in [-0.4, -0.2) is 32.1 Å². The van der Waals surface area contributed by atoms with Crippen molar-refractivity contribution in [1.82, 2.24) is 9.88 Å². The van der Waals surface area contributed by atoms with Gasteiger partial charge in [-0.1, -0.05) is 43.8 Å². The first kappa shape index (κ1) is 24.5. The largest absolute Gasteiger partial charge is 0.324 e. The number of aliphatic imine (C=N–C) groups is 1. The molecule has 4 rings (SSSR count). The fraction of sp³-hybridized carbons (Fsp3) is 0.231. The molecule has 2 aromatic carbocycles. The fourth-order valence-electron chi connectivity index (χ4n) is 3.53. The van der Waals surface area contributed by atoms with Crippen LogP contribution in [0.15, 0.2) is 71.9 Å². The third-order valence-corrected chi connectivity index (χ3v) is 6.60. The fourth-order valence-corrected chi connectivity index (χ4v) is 4.69. The number of rotatable bonds is 7. The molecule has 1 aliphatic rings. The first-order chi connectivity index (χ1) is 16.8. The molecule has 1 aromatic heterocycles. The van der Waals surface area contributed by atoms with E-state index in [2.05, 4.69) is 29.1 Å². The topological polar surface area (TPSA) is 74.7 Å². The van der Waals surface area contributed by atoms with Crippen LogP contribution in [0, 0.1) is 11.6 Å². The minimum Gasteiger partial charge on any atom is -0.324 e. The van der Waals surface area contributed by atoms with Crippen molar-refractivity contribution in [3.63, 3.8) is 0 Å². The maximum absolute atomic E-state index is 13.9. The van der Waals surface area contributed by atoms with E-state index in [4.69, 9.17) is 0 Å². The summed E-state index contributed by atoms with van der Waals surface area (Å²) in [7, 11) is 0. The van der Waals surface area contributed by atoms with E-state index in [0.717, 1.165) is 12.1 Å².